The maximum atomic E-state index is 5.71. The van der Waals surface area contributed by atoms with Crippen LogP contribution in [-0.2, 0) is 0 Å². The molecular weight excluding hydrogens is 262 g/mol. The van der Waals surface area contributed by atoms with E-state index in [1.807, 2.05) is 13.0 Å². The second-order valence-corrected chi connectivity index (χ2v) is 6.56. The topological polar surface area (TPSA) is 45.1 Å². The number of aromatic nitrogens is 2. The Labute approximate surface area is 123 Å². The molecule has 3 saturated heterocycles. The highest BCUT2D eigenvalue weighted by Gasteiger charge is 2.36. The van der Waals surface area contributed by atoms with Crippen LogP contribution in [0.25, 0.3) is 22.0 Å². The second kappa shape index (κ2) is 4.10. The number of hydrogen-bond donors (Lipinski definition) is 1. The average molecular weight is 281 g/mol. The number of nitrogens with zero attached hydrogens (tertiary/aromatic N) is 2. The number of H-pyrrole nitrogens is 1. The molecule has 6 rings (SSSR count). The van der Waals surface area contributed by atoms with Gasteiger partial charge in [-0.15, -0.1) is 0 Å². The van der Waals surface area contributed by atoms with Gasteiger partial charge < -0.3 is 14.3 Å². The Balaban J connectivity index is 1.74. The summed E-state index contributed by atoms with van der Waals surface area (Å²) in [4.78, 5) is 10.7. The first-order valence-corrected chi connectivity index (χ1v) is 7.89. The van der Waals surface area contributed by atoms with Gasteiger partial charge in [-0.05, 0) is 49.5 Å². The fourth-order valence-electron chi connectivity index (χ4n) is 4.35. The summed E-state index contributed by atoms with van der Waals surface area (Å²) >= 11 is 0. The van der Waals surface area contributed by atoms with Crippen LogP contribution in [0.15, 0.2) is 22.7 Å². The van der Waals surface area contributed by atoms with Crippen molar-refractivity contribution in [2.45, 2.75) is 25.7 Å². The lowest BCUT2D eigenvalue weighted by Crippen LogP contribution is -2.46. The molecule has 21 heavy (non-hydrogen) atoms. The van der Waals surface area contributed by atoms with Crippen LogP contribution >= 0.6 is 0 Å². The highest BCUT2D eigenvalue weighted by atomic mass is 16.3. The van der Waals surface area contributed by atoms with Crippen LogP contribution in [0.4, 0.5) is 0 Å². The van der Waals surface area contributed by atoms with E-state index < -0.39 is 0 Å². The lowest BCUT2D eigenvalue weighted by molar-refractivity contribution is 0.0877. The minimum absolute atomic E-state index is 0.642. The fourth-order valence-corrected chi connectivity index (χ4v) is 4.35. The summed E-state index contributed by atoms with van der Waals surface area (Å²) in [6.45, 7) is 5.68. The largest absolute Gasteiger partial charge is 0.441 e. The fraction of sp³-hybridized carbons (Fsp3) is 0.471. The highest BCUT2D eigenvalue weighted by Crippen LogP contribution is 2.42. The summed E-state index contributed by atoms with van der Waals surface area (Å²) in [6, 6.07) is 4.14. The van der Waals surface area contributed by atoms with E-state index in [4.69, 9.17) is 4.42 Å². The Kier molecular flexibility index (Phi) is 2.31. The van der Waals surface area contributed by atoms with Gasteiger partial charge in [0.1, 0.15) is 5.52 Å². The van der Waals surface area contributed by atoms with Gasteiger partial charge in [-0.1, -0.05) is 0 Å². The molecule has 1 unspecified atom stereocenters. The maximum absolute atomic E-state index is 5.71. The molecule has 0 saturated carbocycles. The van der Waals surface area contributed by atoms with Crippen molar-refractivity contribution >= 4 is 22.0 Å². The molecule has 2 aromatic heterocycles. The molecule has 4 heteroatoms. The first-order valence-electron chi connectivity index (χ1n) is 7.89. The molecule has 0 amide bonds. The number of hydrogen-bond acceptors (Lipinski definition) is 3. The van der Waals surface area contributed by atoms with Gasteiger partial charge in [0.05, 0.1) is 0 Å². The van der Waals surface area contributed by atoms with Gasteiger partial charge >= 0.3 is 0 Å². The molecule has 0 radical (unpaired) electrons. The zero-order chi connectivity index (χ0) is 14.0. The summed E-state index contributed by atoms with van der Waals surface area (Å²) in [6.07, 6.45) is 4.89. The van der Waals surface area contributed by atoms with Crippen molar-refractivity contribution in [3.8, 4) is 0 Å². The summed E-state index contributed by atoms with van der Waals surface area (Å²) in [5.74, 6) is 2.22. The first kappa shape index (κ1) is 11.8. The third kappa shape index (κ3) is 1.62. The first-order chi connectivity index (χ1) is 10.3. The van der Waals surface area contributed by atoms with Crippen LogP contribution in [0.5, 0.6) is 0 Å². The van der Waals surface area contributed by atoms with Crippen molar-refractivity contribution in [3.05, 3.63) is 29.8 Å². The molecule has 0 spiro atoms. The van der Waals surface area contributed by atoms with Gasteiger partial charge in [0, 0.05) is 36.5 Å². The smallest absolute Gasteiger partial charge is 0.192 e. The van der Waals surface area contributed by atoms with Gasteiger partial charge in [-0.2, -0.15) is 0 Å². The molecule has 1 N–H and O–H groups in total. The van der Waals surface area contributed by atoms with Crippen LogP contribution in [0.1, 0.15) is 30.2 Å². The van der Waals surface area contributed by atoms with E-state index in [2.05, 4.69) is 27.1 Å². The van der Waals surface area contributed by atoms with Crippen molar-refractivity contribution in [2.75, 3.05) is 19.6 Å². The Morgan fingerprint density at radius 3 is 2.90 bits per heavy atom. The SMILES string of the molecule is Cc1nc2c(ccc3[nH]cc(C4CN5CCC4CC5)c32)o1. The quantitative estimate of drug-likeness (QED) is 0.743. The van der Waals surface area contributed by atoms with E-state index in [9.17, 15) is 0 Å². The lowest BCUT2D eigenvalue weighted by atomic mass is 9.75. The molecule has 108 valence electrons. The van der Waals surface area contributed by atoms with Crippen LogP contribution < -0.4 is 0 Å². The Hall–Kier alpha value is -1.81. The minimum Gasteiger partial charge on any atom is -0.441 e. The number of nitrogens with one attached hydrogen (secondary N) is 1. The van der Waals surface area contributed by atoms with E-state index in [0.29, 0.717) is 5.92 Å². The predicted molar refractivity (Wildman–Crippen MR) is 82.5 cm³/mol. The van der Waals surface area contributed by atoms with E-state index in [0.717, 1.165) is 22.9 Å². The number of oxazole rings is 1. The average Bonchev–Trinajstić information content (AvgIpc) is 3.10. The summed E-state index contributed by atoms with van der Waals surface area (Å²) < 4.78 is 5.71. The van der Waals surface area contributed by atoms with E-state index in [-0.39, 0.29) is 0 Å². The van der Waals surface area contributed by atoms with Gasteiger partial charge in [0.15, 0.2) is 11.5 Å². The molecule has 1 atom stereocenters. The van der Waals surface area contributed by atoms with Crippen molar-refractivity contribution in [1.82, 2.24) is 14.9 Å². The molecule has 1 aromatic carbocycles. The minimum atomic E-state index is 0.642. The second-order valence-electron chi connectivity index (χ2n) is 6.56. The third-order valence-corrected chi connectivity index (χ3v) is 5.40. The van der Waals surface area contributed by atoms with Crippen molar-refractivity contribution in [3.63, 3.8) is 0 Å². The van der Waals surface area contributed by atoms with Crippen molar-refractivity contribution < 1.29 is 4.42 Å². The Morgan fingerprint density at radius 2 is 2.14 bits per heavy atom. The molecular formula is C17H19N3O. The van der Waals surface area contributed by atoms with Crippen molar-refractivity contribution in [2.24, 2.45) is 5.92 Å². The van der Waals surface area contributed by atoms with Crippen LogP contribution in [0.3, 0.4) is 0 Å². The van der Waals surface area contributed by atoms with Crippen molar-refractivity contribution in [1.29, 1.82) is 0 Å². The molecule has 3 aliphatic heterocycles. The van der Waals surface area contributed by atoms with E-state index in [1.54, 1.807) is 0 Å². The number of piperidine rings is 3. The maximum Gasteiger partial charge on any atom is 0.192 e. The summed E-state index contributed by atoms with van der Waals surface area (Å²) in [5, 5.41) is 1.28. The number of rotatable bonds is 1. The molecule has 5 heterocycles. The normalized spacial score (nSPS) is 28.7. The molecule has 3 aromatic rings. The van der Waals surface area contributed by atoms with Crippen LogP contribution in [0, 0.1) is 12.8 Å². The van der Waals surface area contributed by atoms with Crippen LogP contribution in [0.2, 0.25) is 0 Å². The zero-order valence-electron chi connectivity index (χ0n) is 12.2. The third-order valence-electron chi connectivity index (χ3n) is 5.40. The molecule has 3 aliphatic rings. The summed E-state index contributed by atoms with van der Waals surface area (Å²) in [7, 11) is 0. The van der Waals surface area contributed by atoms with Crippen LogP contribution in [-0.4, -0.2) is 34.5 Å². The monoisotopic (exact) mass is 281 g/mol. The number of aryl methyl sites for hydroxylation is 1. The standard InChI is InChI=1S/C17H19N3O/c1-10-19-17-15(21-10)3-2-14-16(17)12(8-18-14)13-9-20-6-4-11(13)5-7-20/h2-3,8,11,13,18H,4-7,9H2,1H3. The lowest BCUT2D eigenvalue weighted by Gasteiger charge is -2.44. The molecule has 4 nitrogen and oxygen atoms in total. The number of fused-ring (bicyclic) bond motifs is 6. The van der Waals surface area contributed by atoms with Gasteiger partial charge in [0.2, 0.25) is 0 Å². The molecule has 0 aliphatic carbocycles. The van der Waals surface area contributed by atoms with E-state index >= 15 is 0 Å². The van der Waals surface area contributed by atoms with E-state index in [1.165, 1.54) is 48.9 Å². The van der Waals surface area contributed by atoms with Gasteiger partial charge in [-0.3, -0.25) is 0 Å². The number of benzene rings is 1. The molecule has 3 fully saturated rings. The number of aromatic amines is 1. The zero-order valence-corrected chi connectivity index (χ0v) is 12.2. The predicted octanol–water partition coefficient (Wildman–Crippen LogP) is 3.43. The van der Waals surface area contributed by atoms with Gasteiger partial charge in [-0.25, -0.2) is 4.98 Å². The Morgan fingerprint density at radius 1 is 1.29 bits per heavy atom. The summed E-state index contributed by atoms with van der Waals surface area (Å²) in [5.41, 5.74) is 4.56. The Bertz CT molecular complexity index is 823. The highest BCUT2D eigenvalue weighted by molar-refractivity contribution is 6.04. The molecule has 2 bridgehead atoms. The van der Waals surface area contributed by atoms with Gasteiger partial charge in [0.25, 0.3) is 0 Å².